The fraction of sp³-hybridized carbons (Fsp3) is 1.00. The minimum absolute atomic E-state index is 0.715. The van der Waals surface area contributed by atoms with Gasteiger partial charge in [-0.2, -0.15) is 8.42 Å². The molecule has 100 valence electrons. The Morgan fingerprint density at radius 2 is 1.38 bits per heavy atom. The van der Waals surface area contributed by atoms with Crippen LogP contribution in [0.4, 0.5) is 0 Å². The van der Waals surface area contributed by atoms with Crippen molar-refractivity contribution >= 4 is 10.1 Å². The van der Waals surface area contributed by atoms with Crippen molar-refractivity contribution in [3.63, 3.8) is 0 Å². The van der Waals surface area contributed by atoms with Gasteiger partial charge in [0.15, 0.2) is 0 Å². The predicted octanol–water partition coefficient (Wildman–Crippen LogP) is 2.41. The van der Waals surface area contributed by atoms with Crippen molar-refractivity contribution in [2.45, 2.75) is 45.4 Å². The SMILES string of the molecule is CCCCCCCCN(C)C.CS(=O)(=O)O. The van der Waals surface area contributed by atoms with Crippen molar-refractivity contribution < 1.29 is 13.0 Å². The third-order valence-electron chi connectivity index (χ3n) is 1.96. The molecule has 0 atom stereocenters. The molecule has 5 heteroatoms. The third kappa shape index (κ3) is 37.1. The molecule has 0 saturated heterocycles. The van der Waals surface area contributed by atoms with Crippen LogP contribution in [0.2, 0.25) is 0 Å². The molecular formula is C11H27NO3S. The monoisotopic (exact) mass is 253 g/mol. The maximum Gasteiger partial charge on any atom is 0.261 e. The van der Waals surface area contributed by atoms with Crippen molar-refractivity contribution in [1.29, 1.82) is 0 Å². The van der Waals surface area contributed by atoms with Gasteiger partial charge >= 0.3 is 0 Å². The van der Waals surface area contributed by atoms with E-state index in [2.05, 4.69) is 25.9 Å². The molecule has 0 aliphatic rings. The van der Waals surface area contributed by atoms with Gasteiger partial charge in [0.05, 0.1) is 6.26 Å². The summed E-state index contributed by atoms with van der Waals surface area (Å²) in [6.07, 6.45) is 9.14. The molecule has 0 rings (SSSR count). The zero-order valence-corrected chi connectivity index (χ0v) is 11.9. The molecule has 0 aromatic rings. The minimum Gasteiger partial charge on any atom is -0.309 e. The first kappa shape index (κ1) is 18.2. The number of nitrogens with zero attached hydrogens (tertiary/aromatic N) is 1. The summed E-state index contributed by atoms with van der Waals surface area (Å²) in [6, 6.07) is 0. The van der Waals surface area contributed by atoms with Crippen molar-refractivity contribution in [2.24, 2.45) is 0 Å². The molecule has 0 bridgehead atoms. The molecule has 0 aromatic carbocycles. The van der Waals surface area contributed by atoms with E-state index in [1.54, 1.807) is 0 Å². The van der Waals surface area contributed by atoms with Gasteiger partial charge in [0, 0.05) is 0 Å². The second-order valence-corrected chi connectivity index (χ2v) is 5.77. The summed E-state index contributed by atoms with van der Waals surface area (Å²) < 4.78 is 25.9. The van der Waals surface area contributed by atoms with E-state index in [1.165, 1.54) is 45.1 Å². The Morgan fingerprint density at radius 1 is 1.00 bits per heavy atom. The molecule has 16 heavy (non-hydrogen) atoms. The minimum atomic E-state index is -3.67. The molecule has 4 nitrogen and oxygen atoms in total. The normalized spacial score (nSPS) is 11.1. The van der Waals surface area contributed by atoms with Gasteiger partial charge in [-0.05, 0) is 27.1 Å². The van der Waals surface area contributed by atoms with E-state index in [1.807, 2.05) is 0 Å². The maximum absolute atomic E-state index is 9.19. The topological polar surface area (TPSA) is 57.6 Å². The summed E-state index contributed by atoms with van der Waals surface area (Å²) in [5.41, 5.74) is 0. The summed E-state index contributed by atoms with van der Waals surface area (Å²) in [6.45, 7) is 3.52. The lowest BCUT2D eigenvalue weighted by atomic mass is 10.1. The summed E-state index contributed by atoms with van der Waals surface area (Å²) in [4.78, 5) is 2.26. The molecule has 0 amide bonds. The highest BCUT2D eigenvalue weighted by Gasteiger charge is 1.90. The van der Waals surface area contributed by atoms with Crippen molar-refractivity contribution in [3.05, 3.63) is 0 Å². The van der Waals surface area contributed by atoms with E-state index in [-0.39, 0.29) is 0 Å². The lowest BCUT2D eigenvalue weighted by Crippen LogP contribution is -2.12. The number of hydrogen-bond donors (Lipinski definition) is 1. The van der Waals surface area contributed by atoms with Gasteiger partial charge in [-0.25, -0.2) is 0 Å². The van der Waals surface area contributed by atoms with Crippen LogP contribution in [0.3, 0.4) is 0 Å². The molecule has 0 heterocycles. The lowest BCUT2D eigenvalue weighted by Gasteiger charge is -2.08. The third-order valence-corrected chi connectivity index (χ3v) is 1.96. The molecule has 0 unspecified atom stereocenters. The van der Waals surface area contributed by atoms with Gasteiger partial charge in [0.2, 0.25) is 0 Å². The number of rotatable bonds is 7. The quantitative estimate of drug-likeness (QED) is 0.559. The Kier molecular flexibility index (Phi) is 12.9. The van der Waals surface area contributed by atoms with Crippen LogP contribution in [0.25, 0.3) is 0 Å². The van der Waals surface area contributed by atoms with E-state index >= 15 is 0 Å². The standard InChI is InChI=1S/C10H23N.CH4O3S/c1-4-5-6-7-8-9-10-11(2)3;1-5(2,3)4/h4-10H2,1-3H3;1H3,(H,2,3,4). The Morgan fingerprint density at radius 3 is 1.75 bits per heavy atom. The van der Waals surface area contributed by atoms with E-state index in [0.29, 0.717) is 6.26 Å². The Balaban J connectivity index is 0. The Hall–Kier alpha value is -0.130. The fourth-order valence-corrected chi connectivity index (χ4v) is 1.21. The zero-order valence-electron chi connectivity index (χ0n) is 11.1. The maximum atomic E-state index is 9.19. The number of hydrogen-bond acceptors (Lipinski definition) is 3. The summed E-state index contributed by atoms with van der Waals surface area (Å²) >= 11 is 0. The van der Waals surface area contributed by atoms with Crippen LogP contribution < -0.4 is 0 Å². The van der Waals surface area contributed by atoms with Crippen LogP contribution in [0.1, 0.15) is 45.4 Å². The van der Waals surface area contributed by atoms with Gasteiger partial charge in [0.25, 0.3) is 10.1 Å². The fourth-order valence-electron chi connectivity index (χ4n) is 1.21. The highest BCUT2D eigenvalue weighted by Crippen LogP contribution is 2.04. The van der Waals surface area contributed by atoms with E-state index in [9.17, 15) is 8.42 Å². The molecule has 0 radical (unpaired) electrons. The first-order chi connectivity index (χ1) is 7.27. The average Bonchev–Trinajstić information content (AvgIpc) is 2.08. The molecule has 0 aromatic heterocycles. The van der Waals surface area contributed by atoms with Gasteiger partial charge in [0.1, 0.15) is 0 Å². The van der Waals surface area contributed by atoms with E-state index < -0.39 is 10.1 Å². The van der Waals surface area contributed by atoms with Gasteiger partial charge < -0.3 is 4.90 Å². The van der Waals surface area contributed by atoms with Crippen LogP contribution >= 0.6 is 0 Å². The van der Waals surface area contributed by atoms with Gasteiger partial charge in [-0.1, -0.05) is 39.0 Å². The summed E-state index contributed by atoms with van der Waals surface area (Å²) in [7, 11) is 0.623. The van der Waals surface area contributed by atoms with E-state index in [0.717, 1.165) is 0 Å². The number of unbranched alkanes of at least 4 members (excludes halogenated alkanes) is 5. The second-order valence-electron chi connectivity index (χ2n) is 4.30. The van der Waals surface area contributed by atoms with Gasteiger partial charge in [-0.3, -0.25) is 4.55 Å². The molecular weight excluding hydrogens is 226 g/mol. The lowest BCUT2D eigenvalue weighted by molar-refractivity contribution is 0.389. The smallest absolute Gasteiger partial charge is 0.261 e. The highest BCUT2D eigenvalue weighted by atomic mass is 32.2. The molecule has 0 aliphatic heterocycles. The Labute approximate surface area is 101 Å². The first-order valence-electron chi connectivity index (χ1n) is 5.84. The Bertz CT molecular complexity index is 217. The molecule has 0 saturated carbocycles. The van der Waals surface area contributed by atoms with Crippen LogP contribution in [-0.4, -0.2) is 44.8 Å². The molecule has 1 N–H and O–H groups in total. The first-order valence-corrected chi connectivity index (χ1v) is 7.69. The molecule has 0 fully saturated rings. The van der Waals surface area contributed by atoms with Gasteiger partial charge in [-0.15, -0.1) is 0 Å². The zero-order chi connectivity index (χ0) is 13.0. The van der Waals surface area contributed by atoms with Crippen molar-refractivity contribution in [1.82, 2.24) is 4.90 Å². The summed E-state index contributed by atoms with van der Waals surface area (Å²) in [5, 5.41) is 0. The molecule has 0 aliphatic carbocycles. The van der Waals surface area contributed by atoms with E-state index in [4.69, 9.17) is 4.55 Å². The highest BCUT2D eigenvalue weighted by molar-refractivity contribution is 7.85. The van der Waals surface area contributed by atoms with Crippen LogP contribution in [-0.2, 0) is 10.1 Å². The average molecular weight is 253 g/mol. The van der Waals surface area contributed by atoms with Crippen LogP contribution in [0.15, 0.2) is 0 Å². The van der Waals surface area contributed by atoms with Crippen LogP contribution in [0.5, 0.6) is 0 Å². The second kappa shape index (κ2) is 11.4. The largest absolute Gasteiger partial charge is 0.309 e. The van der Waals surface area contributed by atoms with Crippen LogP contribution in [0, 0.1) is 0 Å². The van der Waals surface area contributed by atoms with Crippen molar-refractivity contribution in [3.8, 4) is 0 Å². The predicted molar refractivity (Wildman–Crippen MR) is 69.4 cm³/mol. The molecule has 0 spiro atoms. The summed E-state index contributed by atoms with van der Waals surface area (Å²) in [5.74, 6) is 0. The van der Waals surface area contributed by atoms with Crippen molar-refractivity contribution in [2.75, 3.05) is 26.9 Å².